The maximum absolute atomic E-state index is 12.8. The number of hydrogen-bond acceptors (Lipinski definition) is 3. The molecule has 4 rings (SSSR count). The summed E-state index contributed by atoms with van der Waals surface area (Å²) in [6.07, 6.45) is 7.02. The molecule has 3 N–H and O–H groups in total. The number of nitrogens with two attached hydrogens (primary N) is 1. The molecule has 2 atom stereocenters. The van der Waals surface area contributed by atoms with Crippen LogP contribution in [-0.4, -0.2) is 40.2 Å². The Bertz CT molecular complexity index is 891. The average Bonchev–Trinajstić information content (AvgIpc) is 2.71. The summed E-state index contributed by atoms with van der Waals surface area (Å²) in [5, 5.41) is 2.25. The van der Waals surface area contributed by atoms with Gasteiger partial charge in [-0.1, -0.05) is 30.3 Å². The van der Waals surface area contributed by atoms with Crippen molar-refractivity contribution in [3.05, 3.63) is 42.5 Å². The molecule has 2 saturated carbocycles. The van der Waals surface area contributed by atoms with Gasteiger partial charge in [-0.25, -0.2) is 8.93 Å². The summed E-state index contributed by atoms with van der Waals surface area (Å²) in [5.74, 6) is 0.308. The van der Waals surface area contributed by atoms with E-state index >= 15 is 0 Å². The van der Waals surface area contributed by atoms with Crippen LogP contribution in [0.1, 0.15) is 44.9 Å². The molecule has 0 aromatic heterocycles. The highest BCUT2D eigenvalue weighted by Gasteiger charge is 2.34. The molecule has 1 amide bonds. The highest BCUT2D eigenvalue weighted by molar-refractivity contribution is 7.83. The Balaban J connectivity index is 1.29. The fourth-order valence-electron chi connectivity index (χ4n) is 4.49. The van der Waals surface area contributed by atoms with E-state index in [0.717, 1.165) is 54.2 Å². The lowest BCUT2D eigenvalue weighted by atomic mass is 9.81. The van der Waals surface area contributed by atoms with Gasteiger partial charge in [0.1, 0.15) is 11.0 Å². The molecule has 0 aliphatic heterocycles. The van der Waals surface area contributed by atoms with Crippen LogP contribution in [0.25, 0.3) is 10.8 Å². The number of likely N-dealkylation sites (N-methyl/N-ethyl adjacent to an activating group) is 1. The zero-order valence-corrected chi connectivity index (χ0v) is 17.9. The molecule has 29 heavy (non-hydrogen) atoms. The van der Waals surface area contributed by atoms with Crippen LogP contribution in [0.2, 0.25) is 0 Å². The molecule has 1 unspecified atom stereocenters. The van der Waals surface area contributed by atoms with Gasteiger partial charge in [-0.15, -0.1) is 0 Å². The van der Waals surface area contributed by atoms with Gasteiger partial charge < -0.3 is 10.6 Å². The molecule has 156 valence electrons. The van der Waals surface area contributed by atoms with E-state index in [4.69, 9.17) is 5.73 Å². The SMILES string of the molecule is CN(C(=O)[C@@H](N)C1CCC(NS(=O)c2ccc3ccccc3c2)CC1)C1CCC1. The summed E-state index contributed by atoms with van der Waals surface area (Å²) in [6.45, 7) is 0. The predicted octanol–water partition coefficient (Wildman–Crippen LogP) is 3.35. The molecular weight excluding hydrogens is 382 g/mol. The Labute approximate surface area is 175 Å². The minimum atomic E-state index is -1.23. The molecule has 0 bridgehead atoms. The van der Waals surface area contributed by atoms with Crippen LogP contribution in [0.4, 0.5) is 0 Å². The van der Waals surface area contributed by atoms with Crippen molar-refractivity contribution in [1.29, 1.82) is 0 Å². The third-order valence-corrected chi connectivity index (χ3v) is 7.97. The zero-order valence-electron chi connectivity index (χ0n) is 17.0. The molecule has 2 aliphatic rings. The maximum atomic E-state index is 12.8. The van der Waals surface area contributed by atoms with Crippen LogP contribution in [0.5, 0.6) is 0 Å². The van der Waals surface area contributed by atoms with Crippen molar-refractivity contribution in [3.63, 3.8) is 0 Å². The second kappa shape index (κ2) is 8.94. The number of nitrogens with zero attached hydrogens (tertiary/aromatic N) is 1. The first-order valence-corrected chi connectivity index (χ1v) is 11.9. The minimum Gasteiger partial charge on any atom is -0.341 e. The molecule has 5 nitrogen and oxygen atoms in total. The van der Waals surface area contributed by atoms with E-state index in [2.05, 4.69) is 10.8 Å². The van der Waals surface area contributed by atoms with Gasteiger partial charge in [-0.3, -0.25) is 4.79 Å². The summed E-state index contributed by atoms with van der Waals surface area (Å²) < 4.78 is 16.1. The molecule has 2 aromatic rings. The largest absolute Gasteiger partial charge is 0.341 e. The monoisotopic (exact) mass is 413 g/mol. The normalized spacial score (nSPS) is 24.6. The summed E-state index contributed by atoms with van der Waals surface area (Å²) in [4.78, 5) is 15.3. The first-order chi connectivity index (χ1) is 14.0. The Morgan fingerprint density at radius 3 is 2.41 bits per heavy atom. The fraction of sp³-hybridized carbons (Fsp3) is 0.522. The van der Waals surface area contributed by atoms with Crippen LogP contribution in [0.3, 0.4) is 0 Å². The van der Waals surface area contributed by atoms with E-state index in [1.165, 1.54) is 6.42 Å². The third-order valence-electron chi connectivity index (χ3n) is 6.74. The van der Waals surface area contributed by atoms with Gasteiger partial charge in [0.2, 0.25) is 5.91 Å². The van der Waals surface area contributed by atoms with Crippen molar-refractivity contribution < 1.29 is 9.00 Å². The summed E-state index contributed by atoms with van der Waals surface area (Å²) in [6, 6.07) is 14.2. The Morgan fingerprint density at radius 1 is 1.07 bits per heavy atom. The molecule has 0 radical (unpaired) electrons. The van der Waals surface area contributed by atoms with Gasteiger partial charge in [-0.05, 0) is 73.8 Å². The lowest BCUT2D eigenvalue weighted by Gasteiger charge is -2.38. The van der Waals surface area contributed by atoms with Gasteiger partial charge in [0.05, 0.1) is 10.9 Å². The maximum Gasteiger partial charge on any atom is 0.239 e. The van der Waals surface area contributed by atoms with Crippen LogP contribution in [0.15, 0.2) is 47.4 Å². The molecule has 2 aliphatic carbocycles. The van der Waals surface area contributed by atoms with Crippen LogP contribution in [-0.2, 0) is 15.8 Å². The molecule has 0 spiro atoms. The van der Waals surface area contributed by atoms with E-state index in [1.807, 2.05) is 48.3 Å². The van der Waals surface area contributed by atoms with Crippen molar-refractivity contribution in [3.8, 4) is 0 Å². The number of fused-ring (bicyclic) bond motifs is 1. The van der Waals surface area contributed by atoms with Gasteiger partial charge >= 0.3 is 0 Å². The van der Waals surface area contributed by atoms with Crippen molar-refractivity contribution in [2.75, 3.05) is 7.05 Å². The van der Waals surface area contributed by atoms with Crippen molar-refractivity contribution in [2.45, 2.75) is 68.0 Å². The number of amides is 1. The smallest absolute Gasteiger partial charge is 0.239 e. The quantitative estimate of drug-likeness (QED) is 0.763. The summed E-state index contributed by atoms with van der Waals surface area (Å²) >= 11 is 0. The standard InChI is InChI=1S/C23H31N3O2S/c1-26(20-7-4-8-20)23(27)22(24)17-9-12-19(13-10-17)25-29(28)21-14-11-16-5-2-3-6-18(16)15-21/h2-3,5-6,11,14-15,17,19-20,22,25H,4,7-10,12-13,24H2,1H3/t17?,19?,22-,29?/m0/s1. The lowest BCUT2D eigenvalue weighted by molar-refractivity contribution is -0.136. The van der Waals surface area contributed by atoms with Gasteiger partial charge in [0, 0.05) is 19.1 Å². The second-order valence-electron chi connectivity index (χ2n) is 8.57. The van der Waals surface area contributed by atoms with Crippen molar-refractivity contribution >= 4 is 27.7 Å². The number of nitrogens with one attached hydrogen (secondary N) is 1. The van der Waals surface area contributed by atoms with Gasteiger partial charge in [0.15, 0.2) is 0 Å². The Hall–Kier alpha value is -1.76. The van der Waals surface area contributed by atoms with Gasteiger partial charge in [0.25, 0.3) is 0 Å². The highest BCUT2D eigenvalue weighted by Crippen LogP contribution is 2.30. The first kappa shape index (κ1) is 20.5. The van der Waals surface area contributed by atoms with Crippen LogP contribution in [0, 0.1) is 5.92 Å². The highest BCUT2D eigenvalue weighted by atomic mass is 32.2. The molecule has 2 aromatic carbocycles. The first-order valence-electron chi connectivity index (χ1n) is 10.7. The average molecular weight is 414 g/mol. The van der Waals surface area contributed by atoms with Gasteiger partial charge in [-0.2, -0.15) is 0 Å². The Morgan fingerprint density at radius 2 is 1.76 bits per heavy atom. The number of benzene rings is 2. The summed E-state index contributed by atoms with van der Waals surface area (Å²) in [5.41, 5.74) is 6.33. The van der Waals surface area contributed by atoms with Crippen molar-refractivity contribution in [2.24, 2.45) is 11.7 Å². The molecule has 0 saturated heterocycles. The Kier molecular flexibility index (Phi) is 6.32. The van der Waals surface area contributed by atoms with Crippen LogP contribution < -0.4 is 10.5 Å². The third kappa shape index (κ3) is 4.55. The number of carbonyl (C=O) groups excluding carboxylic acids is 1. The number of rotatable bonds is 6. The van der Waals surface area contributed by atoms with Crippen molar-refractivity contribution in [1.82, 2.24) is 9.62 Å². The van der Waals surface area contributed by atoms with E-state index in [1.54, 1.807) is 0 Å². The minimum absolute atomic E-state index is 0.0887. The fourth-order valence-corrected chi connectivity index (χ4v) is 5.59. The molecule has 2 fully saturated rings. The lowest BCUT2D eigenvalue weighted by Crippen LogP contribution is -2.52. The van der Waals surface area contributed by atoms with E-state index in [0.29, 0.717) is 6.04 Å². The van der Waals surface area contributed by atoms with E-state index in [9.17, 15) is 9.00 Å². The van der Waals surface area contributed by atoms with E-state index < -0.39 is 17.0 Å². The van der Waals surface area contributed by atoms with Crippen LogP contribution >= 0.6 is 0 Å². The zero-order chi connectivity index (χ0) is 20.4. The number of carbonyl (C=O) groups is 1. The summed E-state index contributed by atoms with van der Waals surface area (Å²) in [7, 11) is 0.663. The number of hydrogen-bond donors (Lipinski definition) is 2. The molecular formula is C23H31N3O2S. The topological polar surface area (TPSA) is 75.4 Å². The second-order valence-corrected chi connectivity index (χ2v) is 9.81. The predicted molar refractivity (Wildman–Crippen MR) is 118 cm³/mol. The molecule has 6 heteroatoms. The van der Waals surface area contributed by atoms with E-state index in [-0.39, 0.29) is 17.9 Å². The molecule has 0 heterocycles.